The van der Waals surface area contributed by atoms with Crippen molar-refractivity contribution in [2.75, 3.05) is 13.1 Å². The number of likely N-dealkylation sites (tertiary alicyclic amines) is 1. The van der Waals surface area contributed by atoms with Gasteiger partial charge in [0.1, 0.15) is 5.52 Å². The summed E-state index contributed by atoms with van der Waals surface area (Å²) >= 11 is 0. The summed E-state index contributed by atoms with van der Waals surface area (Å²) < 4.78 is 5.74. The maximum absolute atomic E-state index is 6.10. The van der Waals surface area contributed by atoms with E-state index in [1.807, 2.05) is 24.3 Å². The molecule has 2 aromatic rings. The van der Waals surface area contributed by atoms with Gasteiger partial charge in [0.15, 0.2) is 5.58 Å². The first kappa shape index (κ1) is 11.7. The number of nitrogens with two attached hydrogens (primary N) is 1. The van der Waals surface area contributed by atoms with E-state index in [0.29, 0.717) is 5.92 Å². The maximum Gasteiger partial charge on any atom is 0.209 e. The first-order valence-electron chi connectivity index (χ1n) is 6.55. The lowest BCUT2D eigenvalue weighted by Gasteiger charge is -2.34. The smallest absolute Gasteiger partial charge is 0.209 e. The van der Waals surface area contributed by atoms with Crippen molar-refractivity contribution in [2.45, 2.75) is 25.9 Å². The minimum absolute atomic E-state index is 0.267. The summed E-state index contributed by atoms with van der Waals surface area (Å²) in [4.78, 5) is 6.83. The molecule has 2 heterocycles. The number of hydrogen-bond acceptors (Lipinski definition) is 4. The molecule has 96 valence electrons. The van der Waals surface area contributed by atoms with Gasteiger partial charge in [-0.2, -0.15) is 0 Å². The monoisotopic (exact) mass is 245 g/mol. The van der Waals surface area contributed by atoms with E-state index in [1.54, 1.807) is 0 Å². The molecule has 2 unspecified atom stereocenters. The SMILES string of the molecule is CC1CCN(Cc2nc3ccccc3o2)CC1N. The van der Waals surface area contributed by atoms with Crippen molar-refractivity contribution in [2.24, 2.45) is 11.7 Å². The molecular weight excluding hydrogens is 226 g/mol. The molecule has 0 saturated carbocycles. The molecule has 1 aliphatic rings. The van der Waals surface area contributed by atoms with Crippen molar-refractivity contribution in [3.63, 3.8) is 0 Å². The van der Waals surface area contributed by atoms with Crippen LogP contribution in [0.15, 0.2) is 28.7 Å². The van der Waals surface area contributed by atoms with Crippen LogP contribution in [0.25, 0.3) is 11.1 Å². The number of rotatable bonds is 2. The number of para-hydroxylation sites is 2. The second-order valence-corrected chi connectivity index (χ2v) is 5.24. The third-order valence-electron chi connectivity index (χ3n) is 3.80. The first-order valence-corrected chi connectivity index (χ1v) is 6.55. The fourth-order valence-corrected chi connectivity index (χ4v) is 2.49. The zero-order chi connectivity index (χ0) is 12.5. The third-order valence-corrected chi connectivity index (χ3v) is 3.80. The van der Waals surface area contributed by atoms with Crippen molar-refractivity contribution in [1.29, 1.82) is 0 Å². The summed E-state index contributed by atoms with van der Waals surface area (Å²) in [5, 5.41) is 0. The van der Waals surface area contributed by atoms with Gasteiger partial charge >= 0.3 is 0 Å². The van der Waals surface area contributed by atoms with Crippen molar-refractivity contribution in [3.05, 3.63) is 30.2 Å². The molecule has 1 aromatic carbocycles. The first-order chi connectivity index (χ1) is 8.72. The van der Waals surface area contributed by atoms with Gasteiger partial charge < -0.3 is 10.2 Å². The van der Waals surface area contributed by atoms with Crippen LogP contribution in [0.4, 0.5) is 0 Å². The Morgan fingerprint density at radius 3 is 3.06 bits per heavy atom. The van der Waals surface area contributed by atoms with Gasteiger partial charge in [0.2, 0.25) is 5.89 Å². The molecule has 3 rings (SSSR count). The number of nitrogens with zero attached hydrogens (tertiary/aromatic N) is 2. The van der Waals surface area contributed by atoms with Crippen LogP contribution >= 0.6 is 0 Å². The van der Waals surface area contributed by atoms with Crippen LogP contribution < -0.4 is 5.73 Å². The number of aromatic nitrogens is 1. The largest absolute Gasteiger partial charge is 0.439 e. The number of benzene rings is 1. The Balaban J connectivity index is 1.72. The van der Waals surface area contributed by atoms with Gasteiger partial charge in [-0.3, -0.25) is 4.90 Å². The Labute approximate surface area is 107 Å². The number of piperidine rings is 1. The highest BCUT2D eigenvalue weighted by Crippen LogP contribution is 2.20. The van der Waals surface area contributed by atoms with E-state index in [2.05, 4.69) is 16.8 Å². The molecule has 4 nitrogen and oxygen atoms in total. The molecule has 0 spiro atoms. The number of oxazole rings is 1. The van der Waals surface area contributed by atoms with E-state index in [0.717, 1.165) is 43.0 Å². The Morgan fingerprint density at radius 1 is 1.44 bits per heavy atom. The average molecular weight is 245 g/mol. The molecule has 1 saturated heterocycles. The van der Waals surface area contributed by atoms with E-state index in [1.165, 1.54) is 0 Å². The van der Waals surface area contributed by atoms with E-state index >= 15 is 0 Å². The minimum atomic E-state index is 0.267. The van der Waals surface area contributed by atoms with Crippen molar-refractivity contribution in [1.82, 2.24) is 9.88 Å². The van der Waals surface area contributed by atoms with Gasteiger partial charge in [-0.1, -0.05) is 19.1 Å². The van der Waals surface area contributed by atoms with Crippen LogP contribution in [0.3, 0.4) is 0 Å². The van der Waals surface area contributed by atoms with Gasteiger partial charge in [-0.05, 0) is 31.0 Å². The molecule has 4 heteroatoms. The lowest BCUT2D eigenvalue weighted by molar-refractivity contribution is 0.151. The van der Waals surface area contributed by atoms with Crippen LogP contribution in [0.1, 0.15) is 19.2 Å². The summed E-state index contributed by atoms with van der Waals surface area (Å²) in [6.07, 6.45) is 1.15. The number of hydrogen-bond donors (Lipinski definition) is 1. The third kappa shape index (κ3) is 2.26. The number of fused-ring (bicyclic) bond motifs is 1. The highest BCUT2D eigenvalue weighted by Gasteiger charge is 2.24. The van der Waals surface area contributed by atoms with E-state index in [-0.39, 0.29) is 6.04 Å². The van der Waals surface area contributed by atoms with E-state index < -0.39 is 0 Å². The lowest BCUT2D eigenvalue weighted by atomic mass is 9.94. The van der Waals surface area contributed by atoms with Crippen molar-refractivity contribution in [3.8, 4) is 0 Å². The summed E-state index contributed by atoms with van der Waals surface area (Å²) in [7, 11) is 0. The van der Waals surface area contributed by atoms with Crippen LogP contribution in [0.2, 0.25) is 0 Å². The van der Waals surface area contributed by atoms with Crippen molar-refractivity contribution >= 4 is 11.1 Å². The molecular formula is C14H19N3O. The molecule has 1 fully saturated rings. The minimum Gasteiger partial charge on any atom is -0.439 e. The molecule has 0 radical (unpaired) electrons. The summed E-state index contributed by atoms with van der Waals surface area (Å²) in [5.74, 6) is 1.41. The summed E-state index contributed by atoms with van der Waals surface area (Å²) in [6.45, 7) is 4.99. The Bertz CT molecular complexity index is 504. The average Bonchev–Trinajstić information content (AvgIpc) is 2.76. The van der Waals surface area contributed by atoms with Crippen molar-refractivity contribution < 1.29 is 4.42 Å². The highest BCUT2D eigenvalue weighted by atomic mass is 16.3. The Hall–Kier alpha value is -1.39. The van der Waals surface area contributed by atoms with Crippen LogP contribution in [0.5, 0.6) is 0 Å². The second-order valence-electron chi connectivity index (χ2n) is 5.24. The summed E-state index contributed by atoms with van der Waals surface area (Å²) in [5.41, 5.74) is 7.90. The molecule has 0 aliphatic carbocycles. The molecule has 1 aliphatic heterocycles. The zero-order valence-corrected chi connectivity index (χ0v) is 10.7. The molecule has 2 N–H and O–H groups in total. The van der Waals surface area contributed by atoms with Gasteiger partial charge in [-0.15, -0.1) is 0 Å². The molecule has 2 atom stereocenters. The van der Waals surface area contributed by atoms with Crippen LogP contribution in [0, 0.1) is 5.92 Å². The molecule has 18 heavy (non-hydrogen) atoms. The Kier molecular flexibility index (Phi) is 3.06. The lowest BCUT2D eigenvalue weighted by Crippen LogP contribution is -2.47. The Morgan fingerprint density at radius 2 is 2.28 bits per heavy atom. The van der Waals surface area contributed by atoms with Crippen LogP contribution in [-0.4, -0.2) is 29.0 Å². The quantitative estimate of drug-likeness (QED) is 0.879. The predicted molar refractivity (Wildman–Crippen MR) is 71.0 cm³/mol. The van der Waals surface area contributed by atoms with Gasteiger partial charge in [0, 0.05) is 12.6 Å². The molecule has 0 bridgehead atoms. The van der Waals surface area contributed by atoms with Crippen LogP contribution in [-0.2, 0) is 6.54 Å². The maximum atomic E-state index is 6.10. The predicted octanol–water partition coefficient (Wildman–Crippen LogP) is 2.00. The zero-order valence-electron chi connectivity index (χ0n) is 10.7. The van der Waals surface area contributed by atoms with Gasteiger partial charge in [0.25, 0.3) is 0 Å². The topological polar surface area (TPSA) is 55.3 Å². The standard InChI is InChI=1S/C14H19N3O/c1-10-6-7-17(8-11(10)15)9-14-16-12-4-2-3-5-13(12)18-14/h2-5,10-11H,6-9,15H2,1H3. The molecule has 1 aromatic heterocycles. The van der Waals surface area contributed by atoms with Gasteiger partial charge in [0.05, 0.1) is 6.54 Å². The fraction of sp³-hybridized carbons (Fsp3) is 0.500. The van der Waals surface area contributed by atoms with E-state index in [4.69, 9.17) is 10.2 Å². The highest BCUT2D eigenvalue weighted by molar-refractivity contribution is 5.72. The summed E-state index contributed by atoms with van der Waals surface area (Å²) in [6, 6.07) is 8.15. The second kappa shape index (κ2) is 4.71. The van der Waals surface area contributed by atoms with E-state index in [9.17, 15) is 0 Å². The molecule has 0 amide bonds. The normalized spacial score (nSPS) is 25.7. The van der Waals surface area contributed by atoms with Gasteiger partial charge in [-0.25, -0.2) is 4.98 Å². The fourth-order valence-electron chi connectivity index (χ4n) is 2.49.